The molecule has 2 aliphatic rings. The average molecular weight is 478 g/mol. The van der Waals surface area contributed by atoms with Crippen molar-refractivity contribution < 1.29 is 28.5 Å². The first-order chi connectivity index (χ1) is 16.9. The zero-order chi connectivity index (χ0) is 25.1. The lowest BCUT2D eigenvalue weighted by Gasteiger charge is -2.37. The Bertz CT molecular complexity index is 1190. The van der Waals surface area contributed by atoms with E-state index in [4.69, 9.17) is 18.9 Å². The number of methoxy groups -OCH3 is 3. The van der Waals surface area contributed by atoms with Gasteiger partial charge in [0.05, 0.1) is 39.4 Å². The molecule has 2 unspecified atom stereocenters. The number of para-hydroxylation sites is 1. The standard InChI is InChI=1S/C28H31NO6/c1-6-35-28(31)24-16(2)29-21-14-18(17-10-12-19(32-3)13-11-17)15-22(30)26(21)25(24)20-8-7-9-23(33-4)27(20)34-5/h7-13,18,25,29H,6,14-15H2,1-5H3. The molecule has 0 aromatic heterocycles. The van der Waals surface area contributed by atoms with E-state index in [0.29, 0.717) is 46.7 Å². The molecule has 0 saturated heterocycles. The van der Waals surface area contributed by atoms with Gasteiger partial charge in [-0.1, -0.05) is 24.3 Å². The molecule has 0 spiro atoms. The Hall–Kier alpha value is -3.74. The molecule has 35 heavy (non-hydrogen) atoms. The van der Waals surface area contributed by atoms with E-state index >= 15 is 0 Å². The van der Waals surface area contributed by atoms with Crippen molar-refractivity contribution in [3.05, 3.63) is 76.1 Å². The van der Waals surface area contributed by atoms with Crippen LogP contribution in [-0.2, 0) is 14.3 Å². The van der Waals surface area contributed by atoms with Gasteiger partial charge < -0.3 is 24.3 Å². The van der Waals surface area contributed by atoms with Gasteiger partial charge in [-0.05, 0) is 49.9 Å². The average Bonchev–Trinajstić information content (AvgIpc) is 2.87. The molecule has 2 aromatic carbocycles. The summed E-state index contributed by atoms with van der Waals surface area (Å²) in [5, 5.41) is 3.37. The number of Topliss-reactive ketones (excluding diaryl/α,β-unsaturated/α-hetero) is 1. The number of dihydropyridines is 1. The molecule has 0 saturated carbocycles. The minimum absolute atomic E-state index is 0.0104. The zero-order valence-electron chi connectivity index (χ0n) is 20.8. The van der Waals surface area contributed by atoms with Gasteiger partial charge in [-0.25, -0.2) is 4.79 Å². The van der Waals surface area contributed by atoms with E-state index in [1.54, 1.807) is 34.3 Å². The number of ketones is 1. The van der Waals surface area contributed by atoms with E-state index in [2.05, 4.69) is 5.32 Å². The predicted octanol–water partition coefficient (Wildman–Crippen LogP) is 4.64. The van der Waals surface area contributed by atoms with Crippen LogP contribution < -0.4 is 19.5 Å². The molecular weight excluding hydrogens is 446 g/mol. The number of rotatable bonds is 7. The van der Waals surface area contributed by atoms with Crippen molar-refractivity contribution in [3.8, 4) is 17.2 Å². The van der Waals surface area contributed by atoms with E-state index in [9.17, 15) is 9.59 Å². The van der Waals surface area contributed by atoms with Gasteiger partial charge in [0.15, 0.2) is 17.3 Å². The number of hydrogen-bond acceptors (Lipinski definition) is 7. The number of benzene rings is 2. The molecule has 4 rings (SSSR count). The van der Waals surface area contributed by atoms with Crippen molar-refractivity contribution in [3.63, 3.8) is 0 Å². The van der Waals surface area contributed by atoms with Crippen LogP contribution >= 0.6 is 0 Å². The molecule has 2 atom stereocenters. The lowest BCUT2D eigenvalue weighted by atomic mass is 9.71. The predicted molar refractivity (Wildman–Crippen MR) is 132 cm³/mol. The number of nitrogens with one attached hydrogen (secondary N) is 1. The Morgan fingerprint density at radius 1 is 1.00 bits per heavy atom. The van der Waals surface area contributed by atoms with Crippen LogP contribution in [0.1, 0.15) is 49.7 Å². The second-order valence-electron chi connectivity index (χ2n) is 8.59. The number of hydrogen-bond donors (Lipinski definition) is 1. The van der Waals surface area contributed by atoms with Gasteiger partial charge in [0, 0.05) is 29.0 Å². The van der Waals surface area contributed by atoms with E-state index in [0.717, 1.165) is 17.0 Å². The molecule has 0 amide bonds. The lowest BCUT2D eigenvalue weighted by Crippen LogP contribution is -2.36. The fourth-order valence-electron chi connectivity index (χ4n) is 5.08. The molecule has 0 bridgehead atoms. The lowest BCUT2D eigenvalue weighted by molar-refractivity contribution is -0.138. The third kappa shape index (κ3) is 4.50. The van der Waals surface area contributed by atoms with Gasteiger partial charge in [0.1, 0.15) is 5.75 Å². The highest BCUT2D eigenvalue weighted by molar-refractivity contribution is 6.04. The third-order valence-electron chi connectivity index (χ3n) is 6.65. The maximum atomic E-state index is 13.7. The molecule has 1 aliphatic heterocycles. The van der Waals surface area contributed by atoms with Gasteiger partial charge in [-0.2, -0.15) is 0 Å². The first-order valence-corrected chi connectivity index (χ1v) is 11.7. The van der Waals surface area contributed by atoms with E-state index in [1.165, 1.54) is 0 Å². The zero-order valence-corrected chi connectivity index (χ0v) is 20.8. The van der Waals surface area contributed by atoms with E-state index in [-0.39, 0.29) is 18.3 Å². The van der Waals surface area contributed by atoms with Crippen molar-refractivity contribution >= 4 is 11.8 Å². The Morgan fingerprint density at radius 2 is 1.74 bits per heavy atom. The molecule has 184 valence electrons. The van der Waals surface area contributed by atoms with Crippen LogP contribution in [0.25, 0.3) is 0 Å². The Labute approximate surface area is 205 Å². The highest BCUT2D eigenvalue weighted by Crippen LogP contribution is 2.49. The van der Waals surface area contributed by atoms with E-state index in [1.807, 2.05) is 43.3 Å². The van der Waals surface area contributed by atoms with Gasteiger partial charge in [0.25, 0.3) is 0 Å². The number of carbonyl (C=O) groups excluding carboxylic acids is 2. The normalized spacial score (nSPS) is 19.6. The smallest absolute Gasteiger partial charge is 0.336 e. The first-order valence-electron chi connectivity index (χ1n) is 11.7. The molecule has 1 heterocycles. The topological polar surface area (TPSA) is 83.1 Å². The highest BCUT2D eigenvalue weighted by Gasteiger charge is 2.42. The maximum Gasteiger partial charge on any atom is 0.336 e. The van der Waals surface area contributed by atoms with Crippen molar-refractivity contribution in [1.82, 2.24) is 5.32 Å². The molecule has 1 N–H and O–H groups in total. The number of ether oxygens (including phenoxy) is 4. The minimum Gasteiger partial charge on any atom is -0.497 e. The summed E-state index contributed by atoms with van der Waals surface area (Å²) >= 11 is 0. The summed E-state index contributed by atoms with van der Waals surface area (Å²) in [6.45, 7) is 3.84. The molecule has 1 aliphatic carbocycles. The number of esters is 1. The maximum absolute atomic E-state index is 13.7. The molecule has 2 aromatic rings. The molecule has 0 radical (unpaired) electrons. The summed E-state index contributed by atoms with van der Waals surface area (Å²) in [4.78, 5) is 26.9. The number of allylic oxidation sites excluding steroid dienone is 3. The van der Waals surface area contributed by atoms with Crippen LogP contribution in [0, 0.1) is 0 Å². The van der Waals surface area contributed by atoms with Crippen molar-refractivity contribution in [2.75, 3.05) is 27.9 Å². The summed E-state index contributed by atoms with van der Waals surface area (Å²) in [6, 6.07) is 13.3. The van der Waals surface area contributed by atoms with E-state index < -0.39 is 11.9 Å². The van der Waals surface area contributed by atoms with Crippen molar-refractivity contribution in [2.45, 2.75) is 38.5 Å². The minimum atomic E-state index is -0.625. The molecule has 7 nitrogen and oxygen atoms in total. The fraction of sp³-hybridized carbons (Fsp3) is 0.357. The Morgan fingerprint density at radius 3 is 2.37 bits per heavy atom. The van der Waals surface area contributed by atoms with Crippen LogP contribution in [0.5, 0.6) is 17.2 Å². The van der Waals surface area contributed by atoms with Gasteiger partial charge in [-0.3, -0.25) is 4.79 Å². The summed E-state index contributed by atoms with van der Waals surface area (Å²) in [5.41, 5.74) is 4.24. The second kappa shape index (κ2) is 10.3. The summed E-state index contributed by atoms with van der Waals surface area (Å²) in [7, 11) is 4.75. The van der Waals surface area contributed by atoms with Crippen LogP contribution in [0.15, 0.2) is 65.0 Å². The fourth-order valence-corrected chi connectivity index (χ4v) is 5.08. The summed E-state index contributed by atoms with van der Waals surface area (Å²) in [5.74, 6) is 0.728. The SMILES string of the molecule is CCOC(=O)C1=C(C)NC2=C(C(=O)CC(c3ccc(OC)cc3)C2)C1c1cccc(OC)c1OC. The largest absolute Gasteiger partial charge is 0.497 e. The second-order valence-corrected chi connectivity index (χ2v) is 8.59. The molecule has 7 heteroatoms. The Kier molecular flexibility index (Phi) is 7.15. The van der Waals surface area contributed by atoms with Gasteiger partial charge in [0.2, 0.25) is 0 Å². The van der Waals surface area contributed by atoms with Crippen LogP contribution in [-0.4, -0.2) is 39.7 Å². The Balaban J connectivity index is 1.84. The van der Waals surface area contributed by atoms with Crippen molar-refractivity contribution in [1.29, 1.82) is 0 Å². The molecule has 0 fully saturated rings. The quantitative estimate of drug-likeness (QED) is 0.582. The van der Waals surface area contributed by atoms with Gasteiger partial charge in [-0.15, -0.1) is 0 Å². The number of carbonyl (C=O) groups is 2. The first kappa shape index (κ1) is 24.4. The summed E-state index contributed by atoms with van der Waals surface area (Å²) < 4.78 is 21.9. The van der Waals surface area contributed by atoms with Crippen LogP contribution in [0.2, 0.25) is 0 Å². The van der Waals surface area contributed by atoms with Crippen LogP contribution in [0.3, 0.4) is 0 Å². The van der Waals surface area contributed by atoms with Gasteiger partial charge >= 0.3 is 5.97 Å². The third-order valence-corrected chi connectivity index (χ3v) is 6.65. The monoisotopic (exact) mass is 477 g/mol. The highest BCUT2D eigenvalue weighted by atomic mass is 16.5. The van der Waals surface area contributed by atoms with Crippen LogP contribution in [0.4, 0.5) is 0 Å². The van der Waals surface area contributed by atoms with Crippen molar-refractivity contribution in [2.24, 2.45) is 0 Å². The summed E-state index contributed by atoms with van der Waals surface area (Å²) in [6.07, 6.45) is 0.981. The molecular formula is C28H31NO6.